The molecule has 36 heavy (non-hydrogen) atoms. The molecule has 2 aliphatic heterocycles. The SMILES string of the molecule is O=c1cc(N2CCOCC2)cc(-c2cccc3c2Oc2ccc(NCc4cccc(Cl)n4)cc2S3)[nH]1. The highest BCUT2D eigenvalue weighted by molar-refractivity contribution is 7.99. The standard InChI is InChI=1S/C27H23ClN4O3S/c28-25-6-1-3-18(30-25)16-29-17-7-8-22-24(13-17)36-23-5-2-4-20(27(23)35-22)21-14-19(15-26(33)31-21)32-9-11-34-12-10-32/h1-8,13-15,29H,9-12,16H2,(H,31,33). The van der Waals surface area contributed by atoms with E-state index in [1.165, 1.54) is 0 Å². The monoisotopic (exact) mass is 518 g/mol. The van der Waals surface area contributed by atoms with E-state index in [0.29, 0.717) is 24.9 Å². The van der Waals surface area contributed by atoms with E-state index in [1.807, 2.05) is 48.5 Å². The number of nitrogens with zero attached hydrogens (tertiary/aromatic N) is 2. The van der Waals surface area contributed by atoms with Crippen molar-refractivity contribution in [1.82, 2.24) is 9.97 Å². The van der Waals surface area contributed by atoms with Gasteiger partial charge in [0, 0.05) is 36.1 Å². The second-order valence-corrected chi connectivity index (χ2v) is 9.99. The normalized spacial score (nSPS) is 14.5. The number of rotatable bonds is 5. The first-order chi connectivity index (χ1) is 17.6. The molecule has 0 radical (unpaired) electrons. The Balaban J connectivity index is 1.26. The summed E-state index contributed by atoms with van der Waals surface area (Å²) in [5.74, 6) is 1.52. The number of anilines is 2. The molecule has 0 bridgehead atoms. The molecule has 1 saturated heterocycles. The third-order valence-corrected chi connectivity index (χ3v) is 7.39. The number of para-hydroxylation sites is 1. The fraction of sp³-hybridized carbons (Fsp3) is 0.185. The quantitative estimate of drug-likeness (QED) is 0.285. The van der Waals surface area contributed by atoms with Crippen LogP contribution in [0, 0.1) is 0 Å². The highest BCUT2D eigenvalue weighted by atomic mass is 35.5. The Kier molecular flexibility index (Phi) is 6.31. The van der Waals surface area contributed by atoms with Gasteiger partial charge in [0.25, 0.3) is 0 Å². The van der Waals surface area contributed by atoms with E-state index in [4.69, 9.17) is 21.1 Å². The summed E-state index contributed by atoms with van der Waals surface area (Å²) in [5.41, 5.74) is 4.18. The summed E-state index contributed by atoms with van der Waals surface area (Å²) in [6, 6.07) is 21.3. The number of fused-ring (bicyclic) bond motifs is 2. The summed E-state index contributed by atoms with van der Waals surface area (Å²) in [7, 11) is 0. The molecule has 2 N–H and O–H groups in total. The highest BCUT2D eigenvalue weighted by Gasteiger charge is 2.23. The van der Waals surface area contributed by atoms with Crippen molar-refractivity contribution in [2.75, 3.05) is 36.5 Å². The van der Waals surface area contributed by atoms with Gasteiger partial charge >= 0.3 is 0 Å². The molecule has 0 unspecified atom stereocenters. The van der Waals surface area contributed by atoms with Crippen LogP contribution in [-0.2, 0) is 11.3 Å². The van der Waals surface area contributed by atoms with Crippen molar-refractivity contribution in [3.05, 3.63) is 87.9 Å². The van der Waals surface area contributed by atoms with Crippen LogP contribution in [0.3, 0.4) is 0 Å². The Hall–Kier alpha value is -3.46. The molecule has 4 aromatic rings. The van der Waals surface area contributed by atoms with Crippen LogP contribution in [0.2, 0.25) is 5.15 Å². The second-order valence-electron chi connectivity index (χ2n) is 8.52. The Labute approximate surface area is 217 Å². The zero-order chi connectivity index (χ0) is 24.5. The molecule has 182 valence electrons. The largest absolute Gasteiger partial charge is 0.454 e. The second kappa shape index (κ2) is 9.89. The van der Waals surface area contributed by atoms with E-state index < -0.39 is 0 Å². The predicted molar refractivity (Wildman–Crippen MR) is 143 cm³/mol. The Bertz CT molecular complexity index is 1490. The lowest BCUT2D eigenvalue weighted by Gasteiger charge is -2.29. The molecule has 4 heterocycles. The molecule has 7 nitrogen and oxygen atoms in total. The maximum atomic E-state index is 12.5. The molecule has 9 heteroatoms. The van der Waals surface area contributed by atoms with Crippen molar-refractivity contribution in [2.24, 2.45) is 0 Å². The van der Waals surface area contributed by atoms with Crippen LogP contribution in [0.15, 0.2) is 81.3 Å². The fourth-order valence-corrected chi connectivity index (χ4v) is 5.55. The Morgan fingerprint density at radius 3 is 2.75 bits per heavy atom. The van der Waals surface area contributed by atoms with Gasteiger partial charge in [-0.2, -0.15) is 0 Å². The summed E-state index contributed by atoms with van der Waals surface area (Å²) >= 11 is 7.64. The van der Waals surface area contributed by atoms with E-state index in [-0.39, 0.29) is 5.56 Å². The van der Waals surface area contributed by atoms with Gasteiger partial charge in [-0.25, -0.2) is 4.98 Å². The van der Waals surface area contributed by atoms with Crippen LogP contribution >= 0.6 is 23.4 Å². The van der Waals surface area contributed by atoms with Crippen LogP contribution in [0.4, 0.5) is 11.4 Å². The van der Waals surface area contributed by atoms with E-state index >= 15 is 0 Å². The summed E-state index contributed by atoms with van der Waals surface area (Å²) in [4.78, 5) is 24.0. The number of nitrogens with one attached hydrogen (secondary N) is 2. The van der Waals surface area contributed by atoms with E-state index in [1.54, 1.807) is 23.9 Å². The molecule has 0 atom stereocenters. The molecule has 0 spiro atoms. The zero-order valence-corrected chi connectivity index (χ0v) is 20.9. The molecule has 0 aliphatic carbocycles. The number of hydrogen-bond donors (Lipinski definition) is 2. The number of morpholine rings is 1. The van der Waals surface area contributed by atoms with Gasteiger partial charge in [-0.15, -0.1) is 0 Å². The van der Waals surface area contributed by atoms with E-state index in [2.05, 4.69) is 26.3 Å². The summed E-state index contributed by atoms with van der Waals surface area (Å²) in [5, 5.41) is 3.88. The average Bonchev–Trinajstić information content (AvgIpc) is 2.90. The lowest BCUT2D eigenvalue weighted by molar-refractivity contribution is 0.122. The maximum Gasteiger partial charge on any atom is 0.250 e. The van der Waals surface area contributed by atoms with Crippen LogP contribution in [0.5, 0.6) is 11.5 Å². The highest BCUT2D eigenvalue weighted by Crippen LogP contribution is 2.51. The van der Waals surface area contributed by atoms with Crippen molar-refractivity contribution in [1.29, 1.82) is 0 Å². The van der Waals surface area contributed by atoms with Gasteiger partial charge in [-0.3, -0.25) is 4.79 Å². The van der Waals surface area contributed by atoms with Gasteiger partial charge in [-0.1, -0.05) is 35.5 Å². The molecule has 2 aliphatic rings. The molecular formula is C27H23ClN4O3S. The topological polar surface area (TPSA) is 79.5 Å². The number of hydrogen-bond acceptors (Lipinski definition) is 7. The molecule has 1 fully saturated rings. The van der Waals surface area contributed by atoms with Gasteiger partial charge in [0.2, 0.25) is 5.56 Å². The molecule has 6 rings (SSSR count). The number of pyridine rings is 2. The van der Waals surface area contributed by atoms with Crippen molar-refractivity contribution in [3.63, 3.8) is 0 Å². The third kappa shape index (κ3) is 4.80. The first kappa shape index (κ1) is 23.0. The van der Waals surface area contributed by atoms with Gasteiger partial charge in [-0.05, 0) is 48.5 Å². The number of benzene rings is 2. The van der Waals surface area contributed by atoms with Crippen LogP contribution < -0.4 is 20.5 Å². The molecule has 0 saturated carbocycles. The fourth-order valence-electron chi connectivity index (χ4n) is 4.34. The first-order valence-electron chi connectivity index (χ1n) is 11.7. The minimum absolute atomic E-state index is 0.139. The number of H-pyrrole nitrogens is 1. The number of aromatic nitrogens is 2. The van der Waals surface area contributed by atoms with Crippen molar-refractivity contribution in [3.8, 4) is 22.8 Å². The lowest BCUT2D eigenvalue weighted by Crippen LogP contribution is -2.36. The smallest absolute Gasteiger partial charge is 0.250 e. The van der Waals surface area contributed by atoms with E-state index in [9.17, 15) is 4.79 Å². The van der Waals surface area contributed by atoms with Gasteiger partial charge in [0.05, 0.1) is 40.9 Å². The molecule has 0 amide bonds. The van der Waals surface area contributed by atoms with Crippen molar-refractivity contribution < 1.29 is 9.47 Å². The molecule has 2 aromatic carbocycles. The van der Waals surface area contributed by atoms with E-state index in [0.717, 1.165) is 62.7 Å². The molecular weight excluding hydrogens is 496 g/mol. The van der Waals surface area contributed by atoms with Crippen LogP contribution in [0.25, 0.3) is 11.3 Å². The summed E-state index contributed by atoms with van der Waals surface area (Å²) in [6.07, 6.45) is 0. The maximum absolute atomic E-state index is 12.5. The average molecular weight is 519 g/mol. The van der Waals surface area contributed by atoms with Crippen molar-refractivity contribution in [2.45, 2.75) is 16.3 Å². The van der Waals surface area contributed by atoms with Crippen LogP contribution in [-0.4, -0.2) is 36.3 Å². The van der Waals surface area contributed by atoms with Gasteiger partial charge in [0.1, 0.15) is 10.9 Å². The van der Waals surface area contributed by atoms with Crippen molar-refractivity contribution >= 4 is 34.7 Å². The summed E-state index contributed by atoms with van der Waals surface area (Å²) < 4.78 is 11.8. The minimum atomic E-state index is -0.139. The minimum Gasteiger partial charge on any atom is -0.454 e. The number of halogens is 1. The Morgan fingerprint density at radius 2 is 1.89 bits per heavy atom. The van der Waals surface area contributed by atoms with Gasteiger partial charge in [0.15, 0.2) is 5.75 Å². The Morgan fingerprint density at radius 1 is 1.03 bits per heavy atom. The zero-order valence-electron chi connectivity index (χ0n) is 19.3. The predicted octanol–water partition coefficient (Wildman–Crippen LogP) is 5.80. The number of aromatic amines is 1. The van der Waals surface area contributed by atoms with Crippen LogP contribution in [0.1, 0.15) is 5.69 Å². The molecule has 2 aromatic heterocycles. The number of ether oxygens (including phenoxy) is 2. The van der Waals surface area contributed by atoms with Gasteiger partial charge < -0.3 is 24.7 Å². The summed E-state index contributed by atoms with van der Waals surface area (Å²) in [6.45, 7) is 3.41. The first-order valence-corrected chi connectivity index (χ1v) is 12.9. The lowest BCUT2D eigenvalue weighted by atomic mass is 10.1. The third-order valence-electron chi connectivity index (χ3n) is 6.10.